The highest BCUT2D eigenvalue weighted by Gasteiger charge is 2.16. The van der Waals surface area contributed by atoms with E-state index in [0.717, 1.165) is 99.2 Å². The van der Waals surface area contributed by atoms with Gasteiger partial charge < -0.3 is 0 Å². The highest BCUT2D eigenvalue weighted by Crippen LogP contribution is 2.36. The van der Waals surface area contributed by atoms with Crippen molar-refractivity contribution in [2.45, 2.75) is 0 Å². The first-order chi connectivity index (χ1) is 23.8. The maximum atomic E-state index is 5.29. The molecular weight excluding hydrogens is 587 g/mol. The number of rotatable bonds is 3. The van der Waals surface area contributed by atoms with E-state index in [-0.39, 0.29) is 0 Å². The van der Waals surface area contributed by atoms with Crippen molar-refractivity contribution in [2.24, 2.45) is 0 Å². The third-order valence-electron chi connectivity index (χ3n) is 9.23. The molecule has 0 radical (unpaired) electrons. The van der Waals surface area contributed by atoms with Crippen LogP contribution in [-0.2, 0) is 0 Å². The minimum absolute atomic E-state index is 0.834. The summed E-state index contributed by atoms with van der Waals surface area (Å²) in [6.07, 6.45) is 1.83. The van der Waals surface area contributed by atoms with Crippen LogP contribution in [-0.4, -0.2) is 24.9 Å². The molecule has 0 saturated carbocycles. The summed E-state index contributed by atoms with van der Waals surface area (Å²) in [6, 6.07) is 50.2. The van der Waals surface area contributed by atoms with Gasteiger partial charge in [0.05, 0.1) is 50.2 Å². The number of nitrogens with zero attached hydrogens (tertiary/aromatic N) is 5. The molecule has 10 aromatic rings. The molecule has 5 nitrogen and oxygen atoms in total. The van der Waals surface area contributed by atoms with E-state index in [1.165, 1.54) is 0 Å². The molecule has 5 aromatic carbocycles. The largest absolute Gasteiger partial charge is 0.254 e. The Kier molecular flexibility index (Phi) is 5.81. The van der Waals surface area contributed by atoms with Crippen molar-refractivity contribution in [3.63, 3.8) is 0 Å². The molecule has 0 fully saturated rings. The molecule has 48 heavy (non-hydrogen) atoms. The van der Waals surface area contributed by atoms with Gasteiger partial charge in [0.15, 0.2) is 0 Å². The summed E-state index contributed by atoms with van der Waals surface area (Å²) in [5.74, 6) is 0. The van der Waals surface area contributed by atoms with Gasteiger partial charge >= 0.3 is 0 Å². The van der Waals surface area contributed by atoms with Crippen LogP contribution in [0.5, 0.6) is 0 Å². The predicted molar refractivity (Wildman–Crippen MR) is 197 cm³/mol. The number of hydrogen-bond donors (Lipinski definition) is 0. The number of hydrogen-bond acceptors (Lipinski definition) is 5. The molecule has 0 unspecified atom stereocenters. The van der Waals surface area contributed by atoms with Gasteiger partial charge in [0.1, 0.15) is 0 Å². The van der Waals surface area contributed by atoms with Crippen LogP contribution in [0.15, 0.2) is 152 Å². The molecule has 0 aliphatic rings. The van der Waals surface area contributed by atoms with Gasteiger partial charge in [0.2, 0.25) is 0 Å². The Morgan fingerprint density at radius 2 is 0.958 bits per heavy atom. The summed E-state index contributed by atoms with van der Waals surface area (Å²) < 4.78 is 0. The molecule has 0 spiro atoms. The van der Waals surface area contributed by atoms with Gasteiger partial charge in [-0.05, 0) is 36.4 Å². The van der Waals surface area contributed by atoms with Gasteiger partial charge in [0, 0.05) is 55.2 Å². The number of fused-ring (bicyclic) bond motifs is 9. The number of pyridine rings is 5. The Morgan fingerprint density at radius 3 is 1.77 bits per heavy atom. The fraction of sp³-hybridized carbons (Fsp3) is 0. The van der Waals surface area contributed by atoms with Crippen LogP contribution >= 0.6 is 0 Å². The van der Waals surface area contributed by atoms with Crippen LogP contribution in [0.4, 0.5) is 0 Å². The lowest BCUT2D eigenvalue weighted by Crippen LogP contribution is -1.95. The Labute approximate surface area is 275 Å². The van der Waals surface area contributed by atoms with Gasteiger partial charge in [-0.25, -0.2) is 19.9 Å². The van der Waals surface area contributed by atoms with E-state index in [0.29, 0.717) is 0 Å². The van der Waals surface area contributed by atoms with Crippen molar-refractivity contribution in [1.29, 1.82) is 0 Å². The Bertz CT molecular complexity index is 2900. The van der Waals surface area contributed by atoms with Crippen molar-refractivity contribution in [1.82, 2.24) is 24.9 Å². The van der Waals surface area contributed by atoms with Gasteiger partial charge in [-0.15, -0.1) is 0 Å². The van der Waals surface area contributed by atoms with Crippen molar-refractivity contribution in [2.75, 3.05) is 0 Å². The Morgan fingerprint density at radius 1 is 0.333 bits per heavy atom. The van der Waals surface area contributed by atoms with Gasteiger partial charge in [-0.2, -0.15) is 0 Å². The average molecular weight is 612 g/mol. The number of para-hydroxylation sites is 1. The van der Waals surface area contributed by atoms with Crippen molar-refractivity contribution < 1.29 is 0 Å². The fourth-order valence-corrected chi connectivity index (χ4v) is 6.86. The minimum Gasteiger partial charge on any atom is -0.254 e. The lowest BCUT2D eigenvalue weighted by atomic mass is 9.99. The topological polar surface area (TPSA) is 64.5 Å². The van der Waals surface area contributed by atoms with E-state index in [2.05, 4.69) is 115 Å². The monoisotopic (exact) mass is 611 g/mol. The molecule has 0 N–H and O–H groups in total. The molecule has 5 aromatic heterocycles. The summed E-state index contributed by atoms with van der Waals surface area (Å²) in [5.41, 5.74) is 11.0. The van der Waals surface area contributed by atoms with E-state index in [1.54, 1.807) is 0 Å². The smallest absolute Gasteiger partial charge is 0.0980 e. The summed E-state index contributed by atoms with van der Waals surface area (Å²) in [5, 5.41) is 6.38. The Balaban J connectivity index is 1.18. The molecule has 0 aliphatic heterocycles. The molecule has 5 heteroatoms. The van der Waals surface area contributed by atoms with Crippen molar-refractivity contribution in [3.05, 3.63) is 152 Å². The Hall–Kier alpha value is -6.59. The maximum Gasteiger partial charge on any atom is 0.0980 e. The third kappa shape index (κ3) is 4.22. The normalized spacial score (nSPS) is 11.8. The fourth-order valence-electron chi connectivity index (χ4n) is 6.86. The standard InChI is InChI=1S/C43H25N5/c1-2-8-26(9-3-1)35-21-19-28-15-16-29-20-22-36(46-40(29)39(28)45-35)30-10-6-11-31(24-30)42-43-34(33-13-4-5-14-37(33)47-42)25-32-18-17-27-12-7-23-44-38(27)41(32)48-43/h1-25H. The quantitative estimate of drug-likeness (QED) is 0.147. The first-order valence-electron chi connectivity index (χ1n) is 16.0. The number of benzene rings is 5. The molecular formula is C43H25N5. The van der Waals surface area contributed by atoms with Gasteiger partial charge in [-0.3, -0.25) is 4.98 Å². The highest BCUT2D eigenvalue weighted by molar-refractivity contribution is 6.15. The highest BCUT2D eigenvalue weighted by atomic mass is 14.8. The van der Waals surface area contributed by atoms with Gasteiger partial charge in [-0.1, -0.05) is 109 Å². The van der Waals surface area contributed by atoms with Crippen molar-refractivity contribution >= 4 is 65.4 Å². The summed E-state index contributed by atoms with van der Waals surface area (Å²) in [4.78, 5) is 25.5. The predicted octanol–water partition coefficient (Wildman–Crippen LogP) is 10.6. The van der Waals surface area contributed by atoms with Crippen LogP contribution < -0.4 is 0 Å². The zero-order valence-electron chi connectivity index (χ0n) is 25.7. The van der Waals surface area contributed by atoms with E-state index < -0.39 is 0 Å². The van der Waals surface area contributed by atoms with E-state index in [9.17, 15) is 0 Å². The average Bonchev–Trinajstić information content (AvgIpc) is 3.16. The van der Waals surface area contributed by atoms with Crippen LogP contribution in [0.2, 0.25) is 0 Å². The van der Waals surface area contributed by atoms with Gasteiger partial charge in [0.25, 0.3) is 0 Å². The SMILES string of the molecule is c1ccc(-c2ccc3ccc4ccc(-c5cccc(-c6nc7ccccc7c7cc8ccc9cccnc9c8nc67)c5)nc4c3n2)cc1. The summed E-state index contributed by atoms with van der Waals surface area (Å²) in [7, 11) is 0. The molecule has 0 bridgehead atoms. The van der Waals surface area contributed by atoms with E-state index >= 15 is 0 Å². The summed E-state index contributed by atoms with van der Waals surface area (Å²) >= 11 is 0. The third-order valence-corrected chi connectivity index (χ3v) is 9.23. The second-order valence-corrected chi connectivity index (χ2v) is 12.1. The lowest BCUT2D eigenvalue weighted by molar-refractivity contribution is 1.36. The molecule has 0 saturated heterocycles. The molecule has 0 atom stereocenters. The zero-order chi connectivity index (χ0) is 31.6. The van der Waals surface area contributed by atoms with Crippen LogP contribution in [0, 0.1) is 0 Å². The molecule has 0 aliphatic carbocycles. The summed E-state index contributed by atoms with van der Waals surface area (Å²) in [6.45, 7) is 0. The van der Waals surface area contributed by atoms with Crippen LogP contribution in [0.3, 0.4) is 0 Å². The second-order valence-electron chi connectivity index (χ2n) is 12.1. The van der Waals surface area contributed by atoms with Crippen LogP contribution in [0.25, 0.3) is 99.2 Å². The zero-order valence-corrected chi connectivity index (χ0v) is 25.7. The van der Waals surface area contributed by atoms with Crippen molar-refractivity contribution in [3.8, 4) is 33.8 Å². The van der Waals surface area contributed by atoms with Crippen LogP contribution in [0.1, 0.15) is 0 Å². The number of aromatic nitrogens is 5. The minimum atomic E-state index is 0.834. The van der Waals surface area contributed by atoms with E-state index in [4.69, 9.17) is 24.9 Å². The molecule has 10 rings (SSSR count). The first kappa shape index (κ1) is 26.6. The first-order valence-corrected chi connectivity index (χ1v) is 16.0. The molecule has 5 heterocycles. The van der Waals surface area contributed by atoms with E-state index in [1.807, 2.05) is 36.5 Å². The lowest BCUT2D eigenvalue weighted by Gasteiger charge is -2.13. The molecule has 222 valence electrons. The second kappa shape index (κ2) is 10.5. The molecule has 0 amide bonds. The maximum absolute atomic E-state index is 5.29.